The molecule has 6 nitrogen and oxygen atoms in total. The molecule has 1 aromatic carbocycles. The molecule has 1 atom stereocenters. The number of amides is 3. The van der Waals surface area contributed by atoms with Gasteiger partial charge >= 0.3 is 6.03 Å². The van der Waals surface area contributed by atoms with Crippen LogP contribution in [0.5, 0.6) is 0 Å². The first-order valence-electron chi connectivity index (χ1n) is 7.26. The lowest BCUT2D eigenvalue weighted by atomic mass is 10.0. The Bertz CT molecular complexity index is 515. The number of urea groups is 1. The zero-order valence-electron chi connectivity index (χ0n) is 14.0. The summed E-state index contributed by atoms with van der Waals surface area (Å²) in [4.78, 5) is 26.7. The van der Waals surface area contributed by atoms with Crippen molar-refractivity contribution in [3.8, 4) is 0 Å². The standard InChI is InChI=1S/C16H26N4O2/c1-12-8-6-7-9-13(12)14(19(2)3)10-17-15(21)11-18-16(22)20(4)5/h6-9,14H,10-11H2,1-5H3,(H,17,21)(H,18,22)/t14-/m1/s1. The van der Waals surface area contributed by atoms with E-state index in [0.29, 0.717) is 6.54 Å². The smallest absolute Gasteiger partial charge is 0.317 e. The fraction of sp³-hybridized carbons (Fsp3) is 0.500. The van der Waals surface area contributed by atoms with Gasteiger partial charge < -0.3 is 20.4 Å². The minimum absolute atomic E-state index is 0.0229. The van der Waals surface area contributed by atoms with Crippen LogP contribution >= 0.6 is 0 Å². The SMILES string of the molecule is Cc1ccccc1[C@@H](CNC(=O)CNC(=O)N(C)C)N(C)C. The van der Waals surface area contributed by atoms with E-state index in [-0.39, 0.29) is 24.5 Å². The molecule has 0 aliphatic rings. The van der Waals surface area contributed by atoms with Gasteiger partial charge in [0, 0.05) is 20.6 Å². The van der Waals surface area contributed by atoms with Crippen LogP contribution in [0.3, 0.4) is 0 Å². The van der Waals surface area contributed by atoms with E-state index in [1.54, 1.807) is 14.1 Å². The first-order valence-corrected chi connectivity index (χ1v) is 7.26. The summed E-state index contributed by atoms with van der Waals surface area (Å²) in [7, 11) is 7.23. The van der Waals surface area contributed by atoms with Crippen LogP contribution in [-0.4, -0.2) is 63.0 Å². The van der Waals surface area contributed by atoms with E-state index < -0.39 is 0 Å². The zero-order valence-corrected chi connectivity index (χ0v) is 14.0. The molecule has 0 bridgehead atoms. The summed E-state index contributed by atoms with van der Waals surface area (Å²) in [6.45, 7) is 2.53. The van der Waals surface area contributed by atoms with Crippen LogP contribution < -0.4 is 10.6 Å². The molecule has 3 amide bonds. The first kappa shape index (κ1) is 18.0. The molecule has 0 aliphatic carbocycles. The molecular formula is C16H26N4O2. The number of hydrogen-bond donors (Lipinski definition) is 2. The van der Waals surface area contributed by atoms with Crippen LogP contribution in [0, 0.1) is 6.92 Å². The number of hydrogen-bond acceptors (Lipinski definition) is 3. The van der Waals surface area contributed by atoms with Crippen molar-refractivity contribution < 1.29 is 9.59 Å². The Labute approximate surface area is 132 Å². The number of carbonyl (C=O) groups is 2. The van der Waals surface area contributed by atoms with Crippen molar-refractivity contribution in [2.75, 3.05) is 41.3 Å². The molecule has 0 saturated carbocycles. The lowest BCUT2D eigenvalue weighted by Gasteiger charge is -2.26. The Morgan fingerprint density at radius 2 is 1.73 bits per heavy atom. The fourth-order valence-corrected chi connectivity index (χ4v) is 2.12. The second-order valence-electron chi connectivity index (χ2n) is 5.69. The highest BCUT2D eigenvalue weighted by atomic mass is 16.2. The van der Waals surface area contributed by atoms with Gasteiger partial charge in [0.1, 0.15) is 0 Å². The van der Waals surface area contributed by atoms with Crippen LogP contribution in [0.25, 0.3) is 0 Å². The summed E-state index contributed by atoms with van der Waals surface area (Å²) in [5.41, 5.74) is 2.38. The maximum Gasteiger partial charge on any atom is 0.317 e. The van der Waals surface area contributed by atoms with E-state index in [1.165, 1.54) is 16.0 Å². The summed E-state index contributed by atoms with van der Waals surface area (Å²) in [6.07, 6.45) is 0. The molecule has 22 heavy (non-hydrogen) atoms. The summed E-state index contributed by atoms with van der Waals surface area (Å²) in [5.74, 6) is -0.198. The van der Waals surface area contributed by atoms with E-state index in [0.717, 1.165) is 0 Å². The quantitative estimate of drug-likeness (QED) is 0.823. The molecule has 6 heteroatoms. The average molecular weight is 306 g/mol. The fourth-order valence-electron chi connectivity index (χ4n) is 2.12. The van der Waals surface area contributed by atoms with E-state index in [9.17, 15) is 9.59 Å². The van der Waals surface area contributed by atoms with Gasteiger partial charge in [-0.05, 0) is 32.1 Å². The highest BCUT2D eigenvalue weighted by Gasteiger charge is 2.17. The number of aryl methyl sites for hydroxylation is 1. The topological polar surface area (TPSA) is 64.7 Å². The van der Waals surface area contributed by atoms with Gasteiger partial charge in [0.05, 0.1) is 12.6 Å². The third-order valence-electron chi connectivity index (χ3n) is 3.47. The summed E-state index contributed by atoms with van der Waals surface area (Å²) in [5, 5.41) is 5.42. The summed E-state index contributed by atoms with van der Waals surface area (Å²) < 4.78 is 0. The maximum atomic E-state index is 11.9. The molecule has 1 rings (SSSR count). The summed E-state index contributed by atoms with van der Waals surface area (Å²) >= 11 is 0. The second-order valence-corrected chi connectivity index (χ2v) is 5.69. The number of likely N-dealkylation sites (N-methyl/N-ethyl adjacent to an activating group) is 1. The van der Waals surface area contributed by atoms with E-state index in [4.69, 9.17) is 0 Å². The Morgan fingerprint density at radius 1 is 1.09 bits per heavy atom. The van der Waals surface area contributed by atoms with Crippen molar-refractivity contribution in [3.05, 3.63) is 35.4 Å². The van der Waals surface area contributed by atoms with Crippen LogP contribution in [0.4, 0.5) is 4.79 Å². The molecule has 0 aromatic heterocycles. The largest absolute Gasteiger partial charge is 0.353 e. The number of nitrogens with one attached hydrogen (secondary N) is 2. The van der Waals surface area contributed by atoms with Crippen LogP contribution in [0.1, 0.15) is 17.2 Å². The lowest BCUT2D eigenvalue weighted by molar-refractivity contribution is -0.120. The molecule has 0 fully saturated rings. The van der Waals surface area contributed by atoms with Crippen molar-refractivity contribution in [2.45, 2.75) is 13.0 Å². The highest BCUT2D eigenvalue weighted by Crippen LogP contribution is 2.20. The minimum Gasteiger partial charge on any atom is -0.353 e. The predicted octanol–water partition coefficient (Wildman–Crippen LogP) is 0.985. The normalized spacial score (nSPS) is 11.9. The Balaban J connectivity index is 2.57. The number of carbonyl (C=O) groups excluding carboxylic acids is 2. The van der Waals surface area contributed by atoms with Crippen LogP contribution in [0.2, 0.25) is 0 Å². The van der Waals surface area contributed by atoms with E-state index in [1.807, 2.05) is 26.2 Å². The molecular weight excluding hydrogens is 280 g/mol. The van der Waals surface area contributed by atoms with Crippen molar-refractivity contribution in [1.82, 2.24) is 20.4 Å². The van der Waals surface area contributed by atoms with Gasteiger partial charge in [0.2, 0.25) is 5.91 Å². The first-order chi connectivity index (χ1) is 10.3. The third kappa shape index (κ3) is 5.37. The number of rotatable bonds is 6. The molecule has 0 unspecified atom stereocenters. The maximum absolute atomic E-state index is 11.9. The van der Waals surface area contributed by atoms with Crippen LogP contribution in [-0.2, 0) is 4.79 Å². The Kier molecular flexibility index (Phi) is 6.85. The molecule has 0 saturated heterocycles. The van der Waals surface area contributed by atoms with Crippen molar-refractivity contribution in [1.29, 1.82) is 0 Å². The minimum atomic E-state index is -0.279. The lowest BCUT2D eigenvalue weighted by Crippen LogP contribution is -2.43. The Hall–Kier alpha value is -2.08. The molecule has 2 N–H and O–H groups in total. The third-order valence-corrected chi connectivity index (χ3v) is 3.47. The Morgan fingerprint density at radius 3 is 2.27 bits per heavy atom. The second kappa shape index (κ2) is 8.38. The number of nitrogens with zero attached hydrogens (tertiary/aromatic N) is 2. The van der Waals surface area contributed by atoms with Gasteiger partial charge in [-0.1, -0.05) is 24.3 Å². The highest BCUT2D eigenvalue weighted by molar-refractivity contribution is 5.83. The van der Waals surface area contributed by atoms with Gasteiger partial charge in [-0.2, -0.15) is 0 Å². The predicted molar refractivity (Wildman–Crippen MR) is 87.7 cm³/mol. The molecule has 122 valence electrons. The van der Waals surface area contributed by atoms with Crippen molar-refractivity contribution in [3.63, 3.8) is 0 Å². The van der Waals surface area contributed by atoms with Gasteiger partial charge in [-0.3, -0.25) is 4.79 Å². The van der Waals surface area contributed by atoms with E-state index in [2.05, 4.69) is 34.6 Å². The van der Waals surface area contributed by atoms with Gasteiger partial charge in [-0.15, -0.1) is 0 Å². The van der Waals surface area contributed by atoms with Crippen molar-refractivity contribution in [2.24, 2.45) is 0 Å². The monoisotopic (exact) mass is 306 g/mol. The van der Waals surface area contributed by atoms with Crippen LogP contribution in [0.15, 0.2) is 24.3 Å². The zero-order chi connectivity index (χ0) is 16.7. The number of benzene rings is 1. The van der Waals surface area contributed by atoms with Crippen molar-refractivity contribution >= 4 is 11.9 Å². The van der Waals surface area contributed by atoms with Gasteiger partial charge in [0.25, 0.3) is 0 Å². The molecule has 0 radical (unpaired) electrons. The van der Waals surface area contributed by atoms with Gasteiger partial charge in [-0.25, -0.2) is 4.79 Å². The molecule has 0 heterocycles. The molecule has 0 spiro atoms. The average Bonchev–Trinajstić information content (AvgIpc) is 2.46. The van der Waals surface area contributed by atoms with Gasteiger partial charge in [0.15, 0.2) is 0 Å². The van der Waals surface area contributed by atoms with E-state index >= 15 is 0 Å². The molecule has 1 aromatic rings. The molecule has 0 aliphatic heterocycles. The summed E-state index contributed by atoms with van der Waals surface area (Å²) in [6, 6.07) is 7.94.